The van der Waals surface area contributed by atoms with Crippen molar-refractivity contribution >= 4 is 60.5 Å². The predicted octanol–water partition coefficient (Wildman–Crippen LogP) is 4.14. The molecule has 0 saturated heterocycles. The summed E-state index contributed by atoms with van der Waals surface area (Å²) in [6.07, 6.45) is 0. The lowest BCUT2D eigenvalue weighted by molar-refractivity contribution is 0.601. The highest BCUT2D eigenvalue weighted by atomic mass is 79.9. The van der Waals surface area contributed by atoms with Crippen LogP contribution < -0.4 is 10.5 Å². The van der Waals surface area contributed by atoms with Gasteiger partial charge in [-0.2, -0.15) is 0 Å². The lowest BCUT2D eigenvalue weighted by Crippen LogP contribution is -2.14. The van der Waals surface area contributed by atoms with Gasteiger partial charge in [0.2, 0.25) is 0 Å². The van der Waals surface area contributed by atoms with Gasteiger partial charge in [0.15, 0.2) is 0 Å². The van der Waals surface area contributed by atoms with Crippen molar-refractivity contribution < 1.29 is 8.42 Å². The molecule has 3 N–H and O–H groups in total. The highest BCUT2D eigenvalue weighted by molar-refractivity contribution is 9.10. The molecule has 0 saturated carbocycles. The Morgan fingerprint density at radius 3 is 2.20 bits per heavy atom. The maximum absolute atomic E-state index is 12.4. The van der Waals surface area contributed by atoms with E-state index >= 15 is 0 Å². The minimum Gasteiger partial charge on any atom is -0.399 e. The van der Waals surface area contributed by atoms with E-state index in [9.17, 15) is 8.42 Å². The lowest BCUT2D eigenvalue weighted by Gasteiger charge is -2.12. The molecule has 0 fully saturated rings. The Kier molecular flexibility index (Phi) is 4.49. The Hall–Kier alpha value is -0.950. The van der Waals surface area contributed by atoms with Gasteiger partial charge in [0, 0.05) is 10.2 Å². The Labute approximate surface area is 135 Å². The van der Waals surface area contributed by atoms with Crippen LogP contribution in [0.4, 0.5) is 11.4 Å². The van der Waals surface area contributed by atoms with Gasteiger partial charge in [-0.05, 0) is 40.2 Å². The summed E-state index contributed by atoms with van der Waals surface area (Å²) >= 11 is 15.1. The van der Waals surface area contributed by atoms with Gasteiger partial charge in [-0.15, -0.1) is 0 Å². The normalized spacial score (nSPS) is 11.3. The Morgan fingerprint density at radius 2 is 1.65 bits per heavy atom. The van der Waals surface area contributed by atoms with Gasteiger partial charge in [-0.1, -0.05) is 35.3 Å². The summed E-state index contributed by atoms with van der Waals surface area (Å²) in [5, 5.41) is -0.0656. The molecular formula is C12H9BrCl2N2O2S. The number of nitrogens with two attached hydrogens (primary N) is 1. The van der Waals surface area contributed by atoms with Gasteiger partial charge in [-0.25, -0.2) is 8.42 Å². The second-order valence-corrected chi connectivity index (χ2v) is 7.19. The fourth-order valence-electron chi connectivity index (χ4n) is 1.58. The zero-order valence-electron chi connectivity index (χ0n) is 9.90. The third kappa shape index (κ3) is 3.20. The Morgan fingerprint density at radius 1 is 1.10 bits per heavy atom. The first kappa shape index (κ1) is 15.4. The van der Waals surface area contributed by atoms with E-state index < -0.39 is 10.0 Å². The van der Waals surface area contributed by atoms with E-state index in [1.807, 2.05) is 0 Å². The average Bonchev–Trinajstić information content (AvgIpc) is 2.30. The maximum atomic E-state index is 12.4. The molecular weight excluding hydrogens is 387 g/mol. The number of sulfonamides is 1. The quantitative estimate of drug-likeness (QED) is 0.767. The average molecular weight is 396 g/mol. The minimum absolute atomic E-state index is 0.0328. The van der Waals surface area contributed by atoms with Crippen molar-refractivity contribution in [1.82, 2.24) is 0 Å². The van der Waals surface area contributed by atoms with Crippen molar-refractivity contribution in [3.63, 3.8) is 0 Å². The third-order valence-corrected chi connectivity index (χ3v) is 5.39. The van der Waals surface area contributed by atoms with Crippen molar-refractivity contribution in [3.8, 4) is 0 Å². The van der Waals surface area contributed by atoms with Crippen LogP contribution in [0.2, 0.25) is 10.0 Å². The van der Waals surface area contributed by atoms with Gasteiger partial charge < -0.3 is 5.73 Å². The number of halogens is 3. The molecule has 0 aliphatic heterocycles. The van der Waals surface area contributed by atoms with E-state index in [2.05, 4.69) is 20.7 Å². The summed E-state index contributed by atoms with van der Waals surface area (Å²) in [6, 6.07) is 9.47. The molecule has 0 bridgehead atoms. The summed E-state index contributed by atoms with van der Waals surface area (Å²) in [5.74, 6) is 0. The zero-order valence-corrected chi connectivity index (χ0v) is 13.8. The fourth-order valence-corrected chi connectivity index (χ4v) is 4.41. The summed E-state index contributed by atoms with van der Waals surface area (Å²) < 4.78 is 27.8. The second kappa shape index (κ2) is 5.81. The zero-order chi connectivity index (χ0) is 14.9. The van der Waals surface area contributed by atoms with Crippen LogP contribution in [0.15, 0.2) is 45.8 Å². The Balaban J connectivity index is 2.50. The molecule has 2 aromatic rings. The molecule has 0 heterocycles. The molecule has 0 unspecified atom stereocenters. The number of anilines is 2. The van der Waals surface area contributed by atoms with Crippen LogP contribution in [0, 0.1) is 0 Å². The van der Waals surface area contributed by atoms with Crippen molar-refractivity contribution in [2.24, 2.45) is 0 Å². The molecule has 0 aliphatic carbocycles. The van der Waals surface area contributed by atoms with Crippen molar-refractivity contribution in [3.05, 3.63) is 50.9 Å². The van der Waals surface area contributed by atoms with Gasteiger partial charge >= 0.3 is 0 Å². The predicted molar refractivity (Wildman–Crippen MR) is 85.8 cm³/mol. The van der Waals surface area contributed by atoms with E-state index in [1.165, 1.54) is 12.1 Å². The van der Waals surface area contributed by atoms with Crippen molar-refractivity contribution in [2.75, 3.05) is 10.5 Å². The molecule has 0 radical (unpaired) electrons. The third-order valence-electron chi connectivity index (χ3n) is 2.41. The van der Waals surface area contributed by atoms with Gasteiger partial charge in [0.25, 0.3) is 10.0 Å². The first-order chi connectivity index (χ1) is 9.31. The minimum atomic E-state index is -3.91. The molecule has 0 atom stereocenters. The van der Waals surface area contributed by atoms with Gasteiger partial charge in [0.05, 0.1) is 15.7 Å². The molecule has 8 heteroatoms. The van der Waals surface area contributed by atoms with E-state index in [0.717, 1.165) is 0 Å². The molecule has 2 rings (SSSR count). The number of nitrogen functional groups attached to an aromatic ring is 1. The van der Waals surface area contributed by atoms with Crippen LogP contribution in [0.5, 0.6) is 0 Å². The fraction of sp³-hybridized carbons (Fsp3) is 0. The van der Waals surface area contributed by atoms with Crippen molar-refractivity contribution in [1.29, 1.82) is 0 Å². The molecule has 0 aliphatic rings. The molecule has 0 spiro atoms. The second-order valence-electron chi connectivity index (χ2n) is 3.90. The van der Waals surface area contributed by atoms with Crippen LogP contribution in [-0.2, 0) is 10.0 Å². The summed E-state index contributed by atoms with van der Waals surface area (Å²) in [7, 11) is -3.91. The van der Waals surface area contributed by atoms with E-state index in [0.29, 0.717) is 15.8 Å². The highest BCUT2D eigenvalue weighted by Gasteiger charge is 2.23. The summed E-state index contributed by atoms with van der Waals surface area (Å²) in [6.45, 7) is 0. The molecule has 106 valence electrons. The number of para-hydroxylation sites is 1. The number of rotatable bonds is 3. The van der Waals surface area contributed by atoms with E-state index in [4.69, 9.17) is 28.9 Å². The first-order valence-electron chi connectivity index (χ1n) is 5.33. The van der Waals surface area contributed by atoms with E-state index in [-0.39, 0.29) is 14.9 Å². The molecule has 20 heavy (non-hydrogen) atoms. The molecule has 0 amide bonds. The molecule has 4 nitrogen and oxygen atoms in total. The number of benzene rings is 2. The topological polar surface area (TPSA) is 72.2 Å². The van der Waals surface area contributed by atoms with Crippen LogP contribution in [-0.4, -0.2) is 8.42 Å². The van der Waals surface area contributed by atoms with Crippen LogP contribution in [0.25, 0.3) is 0 Å². The largest absolute Gasteiger partial charge is 0.399 e. The van der Waals surface area contributed by atoms with Crippen molar-refractivity contribution in [2.45, 2.75) is 4.90 Å². The van der Waals surface area contributed by atoms with Gasteiger partial charge in [-0.3, -0.25) is 4.72 Å². The first-order valence-corrected chi connectivity index (χ1v) is 8.36. The SMILES string of the molecule is Nc1cc(Cl)c(S(=O)(=O)Nc2ccccc2Br)c(Cl)c1. The van der Waals surface area contributed by atoms with Crippen LogP contribution in [0.3, 0.4) is 0 Å². The van der Waals surface area contributed by atoms with Crippen LogP contribution >= 0.6 is 39.1 Å². The number of nitrogens with one attached hydrogen (secondary N) is 1. The maximum Gasteiger partial charge on any atom is 0.264 e. The van der Waals surface area contributed by atoms with E-state index in [1.54, 1.807) is 24.3 Å². The van der Waals surface area contributed by atoms with Crippen LogP contribution in [0.1, 0.15) is 0 Å². The monoisotopic (exact) mass is 394 g/mol. The molecule has 0 aromatic heterocycles. The molecule has 2 aromatic carbocycles. The standard InChI is InChI=1S/C12H9BrCl2N2O2S/c13-8-3-1-2-4-11(8)17-20(18,19)12-9(14)5-7(16)6-10(12)15/h1-6,17H,16H2. The smallest absolute Gasteiger partial charge is 0.264 e. The highest BCUT2D eigenvalue weighted by Crippen LogP contribution is 2.34. The summed E-state index contributed by atoms with van der Waals surface area (Å²) in [4.78, 5) is -0.203. The number of hydrogen-bond acceptors (Lipinski definition) is 3. The number of hydrogen-bond donors (Lipinski definition) is 2. The lowest BCUT2D eigenvalue weighted by atomic mass is 10.3. The Bertz CT molecular complexity index is 743. The van der Waals surface area contributed by atoms with Gasteiger partial charge in [0.1, 0.15) is 4.90 Å². The summed E-state index contributed by atoms with van der Waals surface area (Å²) in [5.41, 5.74) is 6.23.